The van der Waals surface area contributed by atoms with Gasteiger partial charge in [0.05, 0.1) is 11.9 Å². The van der Waals surface area contributed by atoms with Gasteiger partial charge in [-0.3, -0.25) is 19.9 Å². The van der Waals surface area contributed by atoms with E-state index in [2.05, 4.69) is 16.4 Å². The Morgan fingerprint density at radius 3 is 2.59 bits per heavy atom. The van der Waals surface area contributed by atoms with E-state index in [0.717, 1.165) is 21.7 Å². The van der Waals surface area contributed by atoms with Crippen molar-refractivity contribution in [3.8, 4) is 5.69 Å². The molecule has 1 aliphatic heterocycles. The van der Waals surface area contributed by atoms with Crippen molar-refractivity contribution in [1.82, 2.24) is 14.9 Å². The molecule has 0 bridgehead atoms. The zero-order valence-corrected chi connectivity index (χ0v) is 15.9. The maximum absolute atomic E-state index is 13.0. The lowest BCUT2D eigenvalue weighted by Crippen LogP contribution is -2.54. The molecule has 1 fully saturated rings. The van der Waals surface area contributed by atoms with Crippen LogP contribution in [0, 0.1) is 13.8 Å². The average Bonchev–Trinajstić information content (AvgIpc) is 3.14. The van der Waals surface area contributed by atoms with Gasteiger partial charge in [0.1, 0.15) is 5.57 Å². The van der Waals surface area contributed by atoms with Gasteiger partial charge in [-0.2, -0.15) is 0 Å². The molecule has 0 aliphatic carbocycles. The van der Waals surface area contributed by atoms with Crippen LogP contribution in [-0.2, 0) is 9.59 Å². The number of urea groups is 1. The summed E-state index contributed by atoms with van der Waals surface area (Å²) >= 11 is 0. The molecule has 4 amide bonds. The first-order valence-corrected chi connectivity index (χ1v) is 9.02. The number of benzene rings is 1. The second kappa shape index (κ2) is 7.20. The molecule has 4 rings (SSSR count). The van der Waals surface area contributed by atoms with Crippen LogP contribution in [0.1, 0.15) is 16.8 Å². The van der Waals surface area contributed by atoms with Crippen LogP contribution in [0.3, 0.4) is 0 Å². The molecule has 0 radical (unpaired) electrons. The number of imide groups is 2. The van der Waals surface area contributed by atoms with Crippen LogP contribution in [-0.4, -0.2) is 27.4 Å². The third kappa shape index (κ3) is 3.34. The standard InChI is InChI=1S/C22H18N4O3/c1-14-7-8-19(15(2)11-14)25-10-4-6-16(25)12-18-20(27)24-22(29)26(21(18)28)17-5-3-9-23-13-17/h3-13H,1-2H3,(H,24,27,29)/b18-12+. The third-order valence-corrected chi connectivity index (χ3v) is 4.69. The molecule has 2 aromatic heterocycles. The molecular weight excluding hydrogens is 368 g/mol. The van der Waals surface area contributed by atoms with Crippen LogP contribution in [0.25, 0.3) is 11.8 Å². The second-order valence-corrected chi connectivity index (χ2v) is 6.76. The van der Waals surface area contributed by atoms with Crippen LogP contribution < -0.4 is 10.2 Å². The fourth-order valence-corrected chi connectivity index (χ4v) is 3.33. The number of aryl methyl sites for hydroxylation is 2. The highest BCUT2D eigenvalue weighted by Gasteiger charge is 2.37. The van der Waals surface area contributed by atoms with E-state index in [1.807, 2.05) is 42.8 Å². The molecule has 144 valence electrons. The van der Waals surface area contributed by atoms with Crippen LogP contribution >= 0.6 is 0 Å². The molecule has 1 N–H and O–H groups in total. The number of pyridine rings is 1. The minimum Gasteiger partial charge on any atom is -0.317 e. The van der Waals surface area contributed by atoms with E-state index in [1.54, 1.807) is 18.2 Å². The van der Waals surface area contributed by atoms with E-state index in [4.69, 9.17) is 0 Å². The van der Waals surface area contributed by atoms with E-state index < -0.39 is 17.8 Å². The van der Waals surface area contributed by atoms with Gasteiger partial charge in [-0.15, -0.1) is 0 Å². The fraction of sp³-hybridized carbons (Fsp3) is 0.0909. The smallest absolute Gasteiger partial charge is 0.317 e. The van der Waals surface area contributed by atoms with Crippen molar-refractivity contribution in [3.05, 3.63) is 83.4 Å². The zero-order chi connectivity index (χ0) is 20.5. The monoisotopic (exact) mass is 386 g/mol. The Morgan fingerprint density at radius 1 is 1.03 bits per heavy atom. The molecule has 0 atom stereocenters. The van der Waals surface area contributed by atoms with Crippen molar-refractivity contribution < 1.29 is 14.4 Å². The van der Waals surface area contributed by atoms with Crippen LogP contribution in [0.2, 0.25) is 0 Å². The lowest BCUT2D eigenvalue weighted by Gasteiger charge is -2.26. The second-order valence-electron chi connectivity index (χ2n) is 6.76. The summed E-state index contributed by atoms with van der Waals surface area (Å²) < 4.78 is 1.90. The number of aromatic nitrogens is 2. The molecule has 0 unspecified atom stereocenters. The van der Waals surface area contributed by atoms with E-state index in [9.17, 15) is 14.4 Å². The van der Waals surface area contributed by atoms with Crippen LogP contribution in [0.15, 0.2) is 66.6 Å². The van der Waals surface area contributed by atoms with E-state index in [1.165, 1.54) is 18.5 Å². The Bertz CT molecular complexity index is 1160. The summed E-state index contributed by atoms with van der Waals surface area (Å²) in [6.45, 7) is 4.02. The Morgan fingerprint density at radius 2 is 1.86 bits per heavy atom. The van der Waals surface area contributed by atoms with E-state index in [0.29, 0.717) is 5.69 Å². The highest BCUT2D eigenvalue weighted by atomic mass is 16.2. The van der Waals surface area contributed by atoms with Crippen molar-refractivity contribution in [3.63, 3.8) is 0 Å². The van der Waals surface area contributed by atoms with Gasteiger partial charge in [0.2, 0.25) is 0 Å². The summed E-state index contributed by atoms with van der Waals surface area (Å²) in [6, 6.07) is 12.1. The number of hydrogen-bond donors (Lipinski definition) is 1. The fourth-order valence-electron chi connectivity index (χ4n) is 3.33. The number of rotatable bonds is 3. The van der Waals surface area contributed by atoms with E-state index in [-0.39, 0.29) is 11.3 Å². The Hall–Kier alpha value is -4.00. The SMILES string of the molecule is Cc1ccc(-n2cccc2/C=C2\C(=O)NC(=O)N(c3cccnc3)C2=O)c(C)c1. The van der Waals surface area contributed by atoms with Gasteiger partial charge in [-0.1, -0.05) is 17.7 Å². The summed E-state index contributed by atoms with van der Waals surface area (Å²) in [7, 11) is 0. The molecule has 29 heavy (non-hydrogen) atoms. The van der Waals surface area contributed by atoms with Crippen molar-refractivity contribution in [2.45, 2.75) is 13.8 Å². The van der Waals surface area contributed by atoms with E-state index >= 15 is 0 Å². The molecule has 1 aliphatic rings. The Balaban J connectivity index is 1.77. The van der Waals surface area contributed by atoms with Gasteiger partial charge < -0.3 is 4.57 Å². The summed E-state index contributed by atoms with van der Waals surface area (Å²) in [4.78, 5) is 42.5. The molecular formula is C22H18N4O3. The van der Waals surface area contributed by atoms with Gasteiger partial charge in [-0.05, 0) is 55.8 Å². The minimum atomic E-state index is -0.796. The molecule has 0 saturated carbocycles. The molecule has 3 aromatic rings. The number of nitrogens with zero attached hydrogens (tertiary/aromatic N) is 3. The quantitative estimate of drug-likeness (QED) is 0.554. The van der Waals surface area contributed by atoms with Gasteiger partial charge in [0.25, 0.3) is 11.8 Å². The average molecular weight is 386 g/mol. The summed E-state index contributed by atoms with van der Waals surface area (Å²) in [5.74, 6) is -1.42. The molecule has 0 spiro atoms. The topological polar surface area (TPSA) is 84.3 Å². The molecule has 7 heteroatoms. The number of anilines is 1. The van der Waals surface area contributed by atoms with Gasteiger partial charge >= 0.3 is 6.03 Å². The number of amides is 4. The number of carbonyl (C=O) groups is 3. The largest absolute Gasteiger partial charge is 0.336 e. The van der Waals surface area contributed by atoms with Gasteiger partial charge in [0.15, 0.2) is 0 Å². The van der Waals surface area contributed by atoms with Gasteiger partial charge in [-0.25, -0.2) is 9.69 Å². The summed E-state index contributed by atoms with van der Waals surface area (Å²) in [5, 5.41) is 2.22. The number of nitrogens with one attached hydrogen (secondary N) is 1. The molecule has 3 heterocycles. The Labute approximate surface area is 167 Å². The number of barbiturate groups is 1. The first kappa shape index (κ1) is 18.4. The summed E-state index contributed by atoms with van der Waals surface area (Å²) in [6.07, 6.45) is 6.28. The van der Waals surface area contributed by atoms with Crippen molar-refractivity contribution in [1.29, 1.82) is 0 Å². The lowest BCUT2D eigenvalue weighted by molar-refractivity contribution is -0.122. The van der Waals surface area contributed by atoms with Gasteiger partial charge in [0, 0.05) is 23.8 Å². The third-order valence-electron chi connectivity index (χ3n) is 4.69. The summed E-state index contributed by atoms with van der Waals surface area (Å²) in [5.41, 5.74) is 3.96. The highest BCUT2D eigenvalue weighted by Crippen LogP contribution is 2.23. The molecule has 1 saturated heterocycles. The lowest BCUT2D eigenvalue weighted by atomic mass is 10.1. The maximum Gasteiger partial charge on any atom is 0.336 e. The van der Waals surface area contributed by atoms with Crippen molar-refractivity contribution in [2.75, 3.05) is 4.90 Å². The Kier molecular flexibility index (Phi) is 4.56. The molecule has 7 nitrogen and oxygen atoms in total. The maximum atomic E-state index is 13.0. The first-order valence-electron chi connectivity index (χ1n) is 9.02. The van der Waals surface area contributed by atoms with Crippen LogP contribution in [0.4, 0.5) is 10.5 Å². The number of hydrogen-bond acceptors (Lipinski definition) is 4. The highest BCUT2D eigenvalue weighted by molar-refractivity contribution is 6.39. The van der Waals surface area contributed by atoms with Crippen molar-refractivity contribution >= 4 is 29.6 Å². The molecule has 1 aromatic carbocycles. The predicted octanol–water partition coefficient (Wildman–Crippen LogP) is 3.16. The number of carbonyl (C=O) groups excluding carboxylic acids is 3. The minimum absolute atomic E-state index is 0.127. The van der Waals surface area contributed by atoms with Crippen LogP contribution in [0.5, 0.6) is 0 Å². The van der Waals surface area contributed by atoms with Crippen molar-refractivity contribution in [2.24, 2.45) is 0 Å². The normalized spacial score (nSPS) is 15.7. The zero-order valence-electron chi connectivity index (χ0n) is 15.9. The predicted molar refractivity (Wildman–Crippen MR) is 108 cm³/mol. The first-order chi connectivity index (χ1) is 14.0.